The Hall–Kier alpha value is -2.04. The number of furan rings is 1. The van der Waals surface area contributed by atoms with Gasteiger partial charge in [-0.1, -0.05) is 0 Å². The number of hydrogen-bond donors (Lipinski definition) is 0. The summed E-state index contributed by atoms with van der Waals surface area (Å²) in [5.74, 6) is 0.546. The van der Waals surface area contributed by atoms with E-state index < -0.39 is 0 Å². The van der Waals surface area contributed by atoms with Gasteiger partial charge in [0.2, 0.25) is 5.78 Å². The van der Waals surface area contributed by atoms with Crippen LogP contribution in [0.15, 0.2) is 22.9 Å². The fourth-order valence-corrected chi connectivity index (χ4v) is 1.54. The molecule has 0 aromatic carbocycles. The van der Waals surface area contributed by atoms with Gasteiger partial charge in [0.05, 0.1) is 19.6 Å². The number of rotatable bonds is 3. The first-order valence-corrected chi connectivity index (χ1v) is 4.80. The van der Waals surface area contributed by atoms with Crippen molar-refractivity contribution < 1.29 is 13.9 Å². The maximum atomic E-state index is 12.2. The van der Waals surface area contributed by atoms with E-state index in [4.69, 9.17) is 9.15 Å². The predicted molar refractivity (Wildman–Crippen MR) is 56.6 cm³/mol. The second-order valence-corrected chi connectivity index (χ2v) is 3.45. The summed E-state index contributed by atoms with van der Waals surface area (Å²) < 4.78 is 11.7. The molecule has 2 rings (SSSR count). The molecule has 0 bridgehead atoms. The number of hydrogen-bond acceptors (Lipinski definition) is 4. The van der Waals surface area contributed by atoms with Crippen LogP contribution in [0.25, 0.3) is 0 Å². The van der Waals surface area contributed by atoms with Crippen LogP contribution in [0.1, 0.15) is 21.8 Å². The van der Waals surface area contributed by atoms with Crippen LogP contribution in [0.5, 0.6) is 5.75 Å². The Kier molecular flexibility index (Phi) is 2.52. The largest absolute Gasteiger partial charge is 0.493 e. The van der Waals surface area contributed by atoms with E-state index in [-0.39, 0.29) is 5.78 Å². The quantitative estimate of drug-likeness (QED) is 0.736. The molecular weight excluding hydrogens is 208 g/mol. The summed E-state index contributed by atoms with van der Waals surface area (Å²) in [6.07, 6.45) is 3.00. The van der Waals surface area contributed by atoms with E-state index in [0.29, 0.717) is 17.2 Å². The minimum Gasteiger partial charge on any atom is -0.493 e. The van der Waals surface area contributed by atoms with Gasteiger partial charge in [-0.2, -0.15) is 5.10 Å². The second kappa shape index (κ2) is 3.84. The lowest BCUT2D eigenvalue weighted by molar-refractivity contribution is 0.0996. The average molecular weight is 220 g/mol. The first-order chi connectivity index (χ1) is 7.65. The van der Waals surface area contributed by atoms with Gasteiger partial charge < -0.3 is 9.15 Å². The molecule has 2 heterocycles. The van der Waals surface area contributed by atoms with Crippen LogP contribution < -0.4 is 4.74 Å². The molecule has 0 aliphatic heterocycles. The van der Waals surface area contributed by atoms with E-state index in [1.54, 1.807) is 13.1 Å². The van der Waals surface area contributed by atoms with Crippen molar-refractivity contribution in [1.29, 1.82) is 0 Å². The van der Waals surface area contributed by atoms with Crippen molar-refractivity contribution in [1.82, 2.24) is 9.78 Å². The van der Waals surface area contributed by atoms with E-state index in [1.807, 2.05) is 6.92 Å². The van der Waals surface area contributed by atoms with Gasteiger partial charge in [-0.3, -0.25) is 9.48 Å². The number of aryl methyl sites for hydroxylation is 2. The summed E-state index contributed by atoms with van der Waals surface area (Å²) in [4.78, 5) is 12.2. The summed E-state index contributed by atoms with van der Waals surface area (Å²) in [5, 5.41) is 3.98. The van der Waals surface area contributed by atoms with Gasteiger partial charge in [0.15, 0.2) is 17.2 Å². The number of methoxy groups -OCH3 is 1. The number of aromatic nitrogens is 2. The van der Waals surface area contributed by atoms with E-state index in [2.05, 4.69) is 5.10 Å². The van der Waals surface area contributed by atoms with Crippen LogP contribution in [0.4, 0.5) is 0 Å². The van der Waals surface area contributed by atoms with Crippen molar-refractivity contribution in [2.75, 3.05) is 7.11 Å². The standard InChI is InChI=1S/C11H12N2O3/c1-7-4-5-16-11(7)10(14)9-8(15-3)6-12-13(9)2/h4-6H,1-3H3. The molecule has 0 amide bonds. The van der Waals surface area contributed by atoms with Crippen LogP contribution in [0.2, 0.25) is 0 Å². The Bertz CT molecular complexity index is 525. The van der Waals surface area contributed by atoms with Crippen LogP contribution in [0, 0.1) is 6.92 Å². The van der Waals surface area contributed by atoms with Gasteiger partial charge >= 0.3 is 0 Å². The molecule has 0 saturated carbocycles. The number of nitrogens with zero attached hydrogens (tertiary/aromatic N) is 2. The van der Waals surface area contributed by atoms with Crippen LogP contribution >= 0.6 is 0 Å². The molecule has 84 valence electrons. The lowest BCUT2D eigenvalue weighted by Gasteiger charge is -2.02. The SMILES string of the molecule is COc1cnn(C)c1C(=O)c1occc1C. The molecular formula is C11H12N2O3. The van der Waals surface area contributed by atoms with Crippen LogP contribution in [0.3, 0.4) is 0 Å². The van der Waals surface area contributed by atoms with Crippen molar-refractivity contribution in [2.24, 2.45) is 7.05 Å². The van der Waals surface area contributed by atoms with E-state index in [1.165, 1.54) is 24.3 Å². The highest BCUT2D eigenvalue weighted by molar-refractivity contribution is 6.08. The molecule has 2 aromatic heterocycles. The van der Waals surface area contributed by atoms with Crippen LogP contribution in [-0.2, 0) is 7.05 Å². The minimum absolute atomic E-state index is 0.223. The summed E-state index contributed by atoms with van der Waals surface area (Å²) in [6, 6.07) is 1.75. The molecule has 0 fully saturated rings. The lowest BCUT2D eigenvalue weighted by atomic mass is 10.1. The molecule has 2 aromatic rings. The Morgan fingerprint density at radius 1 is 1.56 bits per heavy atom. The number of carbonyl (C=O) groups excluding carboxylic acids is 1. The fourth-order valence-electron chi connectivity index (χ4n) is 1.54. The third-order valence-electron chi connectivity index (χ3n) is 2.41. The van der Waals surface area contributed by atoms with Gasteiger partial charge in [0.25, 0.3) is 0 Å². The van der Waals surface area contributed by atoms with Crippen molar-refractivity contribution in [3.63, 3.8) is 0 Å². The Morgan fingerprint density at radius 3 is 2.88 bits per heavy atom. The lowest BCUT2D eigenvalue weighted by Crippen LogP contribution is -2.09. The first-order valence-electron chi connectivity index (χ1n) is 4.80. The van der Waals surface area contributed by atoms with E-state index in [9.17, 15) is 4.79 Å². The Labute approximate surface area is 92.6 Å². The highest BCUT2D eigenvalue weighted by atomic mass is 16.5. The molecule has 5 heteroatoms. The third-order valence-corrected chi connectivity index (χ3v) is 2.41. The molecule has 0 radical (unpaired) electrons. The smallest absolute Gasteiger partial charge is 0.250 e. The summed E-state index contributed by atoms with van der Waals surface area (Å²) in [6.45, 7) is 1.82. The highest BCUT2D eigenvalue weighted by Gasteiger charge is 2.23. The van der Waals surface area contributed by atoms with Crippen molar-refractivity contribution >= 4 is 5.78 Å². The molecule has 0 saturated heterocycles. The van der Waals surface area contributed by atoms with Gasteiger partial charge in [0, 0.05) is 7.05 Å². The van der Waals surface area contributed by atoms with E-state index >= 15 is 0 Å². The number of ketones is 1. The molecule has 5 nitrogen and oxygen atoms in total. The van der Waals surface area contributed by atoms with Gasteiger partial charge in [-0.25, -0.2) is 0 Å². The highest BCUT2D eigenvalue weighted by Crippen LogP contribution is 2.22. The predicted octanol–water partition coefficient (Wildman–Crippen LogP) is 1.56. The summed E-state index contributed by atoms with van der Waals surface area (Å²) >= 11 is 0. The average Bonchev–Trinajstić information content (AvgIpc) is 2.83. The monoisotopic (exact) mass is 220 g/mol. The summed E-state index contributed by atoms with van der Waals surface area (Å²) in [7, 11) is 3.19. The van der Waals surface area contributed by atoms with Gasteiger partial charge in [0.1, 0.15) is 0 Å². The number of carbonyl (C=O) groups is 1. The molecule has 0 spiro atoms. The zero-order valence-corrected chi connectivity index (χ0v) is 9.35. The van der Waals surface area contributed by atoms with Crippen LogP contribution in [-0.4, -0.2) is 22.7 Å². The normalized spacial score (nSPS) is 10.4. The molecule has 16 heavy (non-hydrogen) atoms. The van der Waals surface area contributed by atoms with E-state index in [0.717, 1.165) is 5.56 Å². The topological polar surface area (TPSA) is 57.3 Å². The molecule has 0 aliphatic rings. The molecule has 0 N–H and O–H groups in total. The first kappa shape index (κ1) is 10.5. The zero-order valence-electron chi connectivity index (χ0n) is 9.35. The van der Waals surface area contributed by atoms with Crippen molar-refractivity contribution in [2.45, 2.75) is 6.92 Å². The molecule has 0 aliphatic carbocycles. The number of ether oxygens (including phenoxy) is 1. The Balaban J connectivity index is 2.49. The summed E-state index contributed by atoms with van der Waals surface area (Å²) in [5.41, 5.74) is 1.19. The maximum absolute atomic E-state index is 12.2. The van der Waals surface area contributed by atoms with Gasteiger partial charge in [-0.05, 0) is 18.6 Å². The molecule has 0 atom stereocenters. The third kappa shape index (κ3) is 1.50. The molecule has 0 unspecified atom stereocenters. The zero-order chi connectivity index (χ0) is 11.7. The van der Waals surface area contributed by atoms with Gasteiger partial charge in [-0.15, -0.1) is 0 Å². The maximum Gasteiger partial charge on any atom is 0.250 e. The minimum atomic E-state index is -0.223. The van der Waals surface area contributed by atoms with Crippen molar-refractivity contribution in [3.05, 3.63) is 35.5 Å². The Morgan fingerprint density at radius 2 is 2.31 bits per heavy atom. The van der Waals surface area contributed by atoms with Crippen molar-refractivity contribution in [3.8, 4) is 5.75 Å². The second-order valence-electron chi connectivity index (χ2n) is 3.45. The fraction of sp³-hybridized carbons (Fsp3) is 0.273.